The molecule has 2 aromatic carbocycles. The van der Waals surface area contributed by atoms with Gasteiger partial charge in [0.1, 0.15) is 0 Å². The summed E-state index contributed by atoms with van der Waals surface area (Å²) in [6, 6.07) is 13.2. The molecule has 146 valence electrons. The highest BCUT2D eigenvalue weighted by atomic mass is 79.9. The second-order valence-electron chi connectivity index (χ2n) is 6.10. The predicted octanol–water partition coefficient (Wildman–Crippen LogP) is 5.28. The minimum atomic E-state index is -4.38. The number of urea groups is 1. The van der Waals surface area contributed by atoms with Gasteiger partial charge in [0.15, 0.2) is 0 Å². The van der Waals surface area contributed by atoms with Crippen LogP contribution in [0.4, 0.5) is 18.0 Å². The maximum Gasteiger partial charge on any atom is 0.416 e. The van der Waals surface area contributed by atoms with Crippen molar-refractivity contribution >= 4 is 22.0 Å². The summed E-state index contributed by atoms with van der Waals surface area (Å²) in [6.45, 7) is 3.17. The average Bonchev–Trinajstić information content (AvgIpc) is 2.63. The molecule has 0 aromatic heterocycles. The Morgan fingerprint density at radius 3 is 2.44 bits per heavy atom. The van der Waals surface area contributed by atoms with Gasteiger partial charge in [-0.15, -0.1) is 0 Å². The Hall–Kier alpha value is -2.02. The number of nitrogens with zero attached hydrogens (tertiary/aromatic N) is 1. The molecule has 2 rings (SSSR count). The number of carbonyl (C=O) groups excluding carboxylic acids is 1. The van der Waals surface area contributed by atoms with E-state index < -0.39 is 11.7 Å². The second kappa shape index (κ2) is 9.78. The molecule has 0 saturated carbocycles. The standard InChI is InChI=1S/C20H22BrF3N2O/c1-2-26(19(27)25-12-10-15-6-4-3-5-7-15)13-11-16-14-17(20(22,23)24)8-9-18(16)21/h3-9,14H,2,10-13H2,1H3,(H,25,27). The van der Waals surface area contributed by atoms with E-state index in [0.29, 0.717) is 36.1 Å². The Labute approximate surface area is 165 Å². The molecule has 0 radical (unpaired) electrons. The lowest BCUT2D eigenvalue weighted by atomic mass is 10.1. The molecule has 0 bridgehead atoms. The van der Waals surface area contributed by atoms with Crippen molar-refractivity contribution in [1.82, 2.24) is 10.2 Å². The van der Waals surface area contributed by atoms with Gasteiger partial charge < -0.3 is 10.2 Å². The van der Waals surface area contributed by atoms with Crippen LogP contribution >= 0.6 is 15.9 Å². The van der Waals surface area contributed by atoms with E-state index in [9.17, 15) is 18.0 Å². The largest absolute Gasteiger partial charge is 0.416 e. The molecular formula is C20H22BrF3N2O. The summed E-state index contributed by atoms with van der Waals surface area (Å²) in [5, 5.41) is 2.86. The van der Waals surface area contributed by atoms with Crippen LogP contribution in [0.2, 0.25) is 0 Å². The maximum absolute atomic E-state index is 12.9. The van der Waals surface area contributed by atoms with Gasteiger partial charge in [-0.05, 0) is 49.1 Å². The summed E-state index contributed by atoms with van der Waals surface area (Å²) in [5.41, 5.74) is 0.977. The minimum Gasteiger partial charge on any atom is -0.338 e. The molecule has 0 aliphatic rings. The van der Waals surface area contributed by atoms with E-state index in [2.05, 4.69) is 21.2 Å². The first-order valence-corrected chi connectivity index (χ1v) is 9.53. The summed E-state index contributed by atoms with van der Waals surface area (Å²) >= 11 is 3.29. The van der Waals surface area contributed by atoms with Crippen molar-refractivity contribution in [3.63, 3.8) is 0 Å². The van der Waals surface area contributed by atoms with E-state index in [4.69, 9.17) is 0 Å². The van der Waals surface area contributed by atoms with Crippen LogP contribution in [0, 0.1) is 0 Å². The summed E-state index contributed by atoms with van der Waals surface area (Å²) in [4.78, 5) is 13.9. The number of alkyl halides is 3. The van der Waals surface area contributed by atoms with Gasteiger partial charge in [-0.2, -0.15) is 13.2 Å². The number of benzene rings is 2. The molecule has 0 aliphatic heterocycles. The van der Waals surface area contributed by atoms with Crippen LogP contribution in [0.25, 0.3) is 0 Å². The zero-order chi connectivity index (χ0) is 19.9. The van der Waals surface area contributed by atoms with E-state index in [1.807, 2.05) is 37.3 Å². The van der Waals surface area contributed by atoms with Crippen molar-refractivity contribution in [1.29, 1.82) is 0 Å². The molecule has 0 heterocycles. The summed E-state index contributed by atoms with van der Waals surface area (Å²) in [7, 11) is 0. The Morgan fingerprint density at radius 1 is 1.11 bits per heavy atom. The molecule has 7 heteroatoms. The fraction of sp³-hybridized carbons (Fsp3) is 0.350. The molecule has 0 fully saturated rings. The molecule has 0 atom stereocenters. The minimum absolute atomic E-state index is 0.212. The quantitative estimate of drug-likeness (QED) is 0.620. The van der Waals surface area contributed by atoms with Gasteiger partial charge in [0, 0.05) is 24.1 Å². The van der Waals surface area contributed by atoms with Crippen molar-refractivity contribution in [2.75, 3.05) is 19.6 Å². The fourth-order valence-electron chi connectivity index (χ4n) is 2.67. The first-order valence-electron chi connectivity index (χ1n) is 8.73. The van der Waals surface area contributed by atoms with Crippen molar-refractivity contribution in [2.45, 2.75) is 25.9 Å². The lowest BCUT2D eigenvalue weighted by Gasteiger charge is -2.22. The van der Waals surface area contributed by atoms with Crippen molar-refractivity contribution < 1.29 is 18.0 Å². The lowest BCUT2D eigenvalue weighted by molar-refractivity contribution is -0.137. The summed E-state index contributed by atoms with van der Waals surface area (Å²) < 4.78 is 39.3. The van der Waals surface area contributed by atoms with E-state index in [1.165, 1.54) is 6.07 Å². The molecule has 1 N–H and O–H groups in total. The molecule has 2 aromatic rings. The average molecular weight is 443 g/mol. The van der Waals surface area contributed by atoms with E-state index >= 15 is 0 Å². The van der Waals surface area contributed by atoms with Gasteiger partial charge in [-0.25, -0.2) is 4.79 Å². The lowest BCUT2D eigenvalue weighted by Crippen LogP contribution is -2.41. The van der Waals surface area contributed by atoms with Gasteiger partial charge in [-0.3, -0.25) is 0 Å². The molecule has 0 aliphatic carbocycles. The highest BCUT2D eigenvalue weighted by Gasteiger charge is 2.30. The van der Waals surface area contributed by atoms with Crippen molar-refractivity contribution in [3.05, 3.63) is 69.7 Å². The van der Waals surface area contributed by atoms with Gasteiger partial charge >= 0.3 is 12.2 Å². The zero-order valence-electron chi connectivity index (χ0n) is 15.0. The smallest absolute Gasteiger partial charge is 0.338 e. The first-order chi connectivity index (χ1) is 12.8. The van der Waals surface area contributed by atoms with E-state index in [-0.39, 0.29) is 6.03 Å². The third-order valence-electron chi connectivity index (χ3n) is 4.23. The highest BCUT2D eigenvalue weighted by Crippen LogP contribution is 2.32. The summed E-state index contributed by atoms with van der Waals surface area (Å²) in [6.07, 6.45) is -3.32. The number of amides is 2. The van der Waals surface area contributed by atoms with Gasteiger partial charge in [0.2, 0.25) is 0 Å². The number of hydrogen-bond donors (Lipinski definition) is 1. The summed E-state index contributed by atoms with van der Waals surface area (Å²) in [5.74, 6) is 0. The Morgan fingerprint density at radius 2 is 1.81 bits per heavy atom. The number of likely N-dealkylation sites (N-methyl/N-ethyl adjacent to an activating group) is 1. The third kappa shape index (κ3) is 6.57. The number of halogens is 4. The van der Waals surface area contributed by atoms with Crippen molar-refractivity contribution in [3.8, 4) is 0 Å². The first kappa shape index (κ1) is 21.3. The zero-order valence-corrected chi connectivity index (χ0v) is 16.6. The third-order valence-corrected chi connectivity index (χ3v) is 5.00. The van der Waals surface area contributed by atoms with E-state index in [0.717, 1.165) is 24.1 Å². The van der Waals surface area contributed by atoms with Crippen LogP contribution in [-0.2, 0) is 19.0 Å². The Kier molecular flexibility index (Phi) is 7.71. The van der Waals surface area contributed by atoms with Crippen LogP contribution in [0.3, 0.4) is 0 Å². The Bertz CT molecular complexity index is 751. The number of hydrogen-bond acceptors (Lipinski definition) is 1. The van der Waals surface area contributed by atoms with Crippen LogP contribution < -0.4 is 5.32 Å². The monoisotopic (exact) mass is 442 g/mol. The molecule has 3 nitrogen and oxygen atoms in total. The van der Waals surface area contributed by atoms with Gasteiger partial charge in [-0.1, -0.05) is 46.3 Å². The van der Waals surface area contributed by atoms with Crippen LogP contribution in [0.15, 0.2) is 53.0 Å². The SMILES string of the molecule is CCN(CCc1cc(C(F)(F)F)ccc1Br)C(=O)NCCc1ccccc1. The fourth-order valence-corrected chi connectivity index (χ4v) is 3.12. The highest BCUT2D eigenvalue weighted by molar-refractivity contribution is 9.10. The molecule has 27 heavy (non-hydrogen) atoms. The number of rotatable bonds is 7. The molecule has 0 spiro atoms. The molecule has 0 unspecified atom stereocenters. The van der Waals surface area contributed by atoms with E-state index in [1.54, 1.807) is 4.90 Å². The maximum atomic E-state index is 12.9. The van der Waals surface area contributed by atoms with Gasteiger partial charge in [0.05, 0.1) is 5.56 Å². The second-order valence-corrected chi connectivity index (χ2v) is 6.96. The molecule has 0 saturated heterocycles. The molecule has 2 amide bonds. The van der Waals surface area contributed by atoms with Gasteiger partial charge in [0.25, 0.3) is 0 Å². The topological polar surface area (TPSA) is 32.3 Å². The normalized spacial score (nSPS) is 11.3. The number of nitrogens with one attached hydrogen (secondary N) is 1. The van der Waals surface area contributed by atoms with Crippen LogP contribution in [0.5, 0.6) is 0 Å². The van der Waals surface area contributed by atoms with Crippen LogP contribution in [0.1, 0.15) is 23.6 Å². The van der Waals surface area contributed by atoms with Crippen molar-refractivity contribution in [2.24, 2.45) is 0 Å². The Balaban J connectivity index is 1.90. The number of carbonyl (C=O) groups is 1. The van der Waals surface area contributed by atoms with Crippen LogP contribution in [-0.4, -0.2) is 30.6 Å². The molecular weight excluding hydrogens is 421 g/mol. The predicted molar refractivity (Wildman–Crippen MR) is 104 cm³/mol.